The summed E-state index contributed by atoms with van der Waals surface area (Å²) in [5, 5.41) is 18.0. The zero-order valence-corrected chi connectivity index (χ0v) is 10.3. The topological polar surface area (TPSA) is 83.8 Å². The zero-order chi connectivity index (χ0) is 13.7. The van der Waals surface area contributed by atoms with Crippen molar-refractivity contribution in [2.24, 2.45) is 0 Å². The number of carbonyl (C=O) groups is 2. The Morgan fingerprint density at radius 1 is 1.33 bits per heavy atom. The van der Waals surface area contributed by atoms with E-state index in [1.54, 1.807) is 13.0 Å². The van der Waals surface area contributed by atoms with Gasteiger partial charge in [0.2, 0.25) is 0 Å². The molecule has 0 aliphatic rings. The monoisotopic (exact) mass is 252 g/mol. The van der Waals surface area contributed by atoms with Gasteiger partial charge in [-0.05, 0) is 25.5 Å². The van der Waals surface area contributed by atoms with Gasteiger partial charge in [0.1, 0.15) is 11.3 Å². The Hall–Kier alpha value is -2.04. The number of hydrogen-bond donors (Lipinski definition) is 2. The van der Waals surface area contributed by atoms with Crippen LogP contribution in [-0.4, -0.2) is 28.3 Å². The molecule has 0 heterocycles. The van der Waals surface area contributed by atoms with Crippen molar-refractivity contribution in [2.45, 2.75) is 32.8 Å². The van der Waals surface area contributed by atoms with Crippen molar-refractivity contribution in [1.82, 2.24) is 0 Å². The second-order valence-electron chi connectivity index (χ2n) is 4.04. The molecule has 0 saturated heterocycles. The van der Waals surface area contributed by atoms with Crippen LogP contribution in [0.2, 0.25) is 0 Å². The lowest BCUT2D eigenvalue weighted by Crippen LogP contribution is -2.27. The molecule has 0 fully saturated rings. The van der Waals surface area contributed by atoms with Gasteiger partial charge < -0.3 is 14.9 Å². The van der Waals surface area contributed by atoms with E-state index in [-0.39, 0.29) is 11.3 Å². The number of aliphatic carboxylic acids is 1. The van der Waals surface area contributed by atoms with Gasteiger partial charge in [0.05, 0.1) is 0 Å². The van der Waals surface area contributed by atoms with E-state index in [9.17, 15) is 9.59 Å². The molecule has 1 aromatic carbocycles. The summed E-state index contributed by atoms with van der Waals surface area (Å²) in [5.41, 5.74) is 0.763. The molecule has 1 aromatic rings. The van der Waals surface area contributed by atoms with Crippen LogP contribution in [0.1, 0.15) is 35.7 Å². The Kier molecular flexibility index (Phi) is 4.71. The van der Waals surface area contributed by atoms with Crippen molar-refractivity contribution in [1.29, 1.82) is 0 Å². The molecule has 5 heteroatoms. The molecular formula is C13H16O5. The molecule has 0 radical (unpaired) electrons. The molecule has 98 valence electrons. The molecular weight excluding hydrogens is 236 g/mol. The van der Waals surface area contributed by atoms with E-state index in [1.807, 2.05) is 6.92 Å². The first-order chi connectivity index (χ1) is 8.45. The highest BCUT2D eigenvalue weighted by Gasteiger charge is 2.21. The fraction of sp³-hybridized carbons (Fsp3) is 0.385. The van der Waals surface area contributed by atoms with E-state index in [4.69, 9.17) is 14.9 Å². The Labute approximate surface area is 105 Å². The number of ether oxygens (including phenoxy) is 1. The molecule has 0 aromatic heterocycles. The average molecular weight is 252 g/mol. The Morgan fingerprint density at radius 2 is 2.00 bits per heavy atom. The van der Waals surface area contributed by atoms with Crippen LogP contribution in [0.5, 0.6) is 5.75 Å². The van der Waals surface area contributed by atoms with Crippen molar-refractivity contribution < 1.29 is 24.5 Å². The Morgan fingerprint density at radius 3 is 2.50 bits per heavy atom. The first kappa shape index (κ1) is 14.0. The Balaban J connectivity index is 3.01. The van der Waals surface area contributed by atoms with Crippen LogP contribution < -0.4 is 4.74 Å². The minimum atomic E-state index is -1.13. The second-order valence-corrected chi connectivity index (χ2v) is 4.04. The van der Waals surface area contributed by atoms with Gasteiger partial charge in [-0.3, -0.25) is 0 Å². The summed E-state index contributed by atoms with van der Waals surface area (Å²) in [6, 6.07) is 4.64. The summed E-state index contributed by atoms with van der Waals surface area (Å²) in [6.07, 6.45) is -0.0381. The normalized spacial score (nSPS) is 11.9. The number of carboxylic acids is 2. The number of aryl methyl sites for hydroxylation is 1. The molecule has 1 atom stereocenters. The highest BCUT2D eigenvalue weighted by atomic mass is 16.5. The SMILES string of the molecule is CCCC(Oc1ccc(C)cc1C(=O)O)C(=O)O. The maximum Gasteiger partial charge on any atom is 0.344 e. The lowest BCUT2D eigenvalue weighted by atomic mass is 10.1. The quantitative estimate of drug-likeness (QED) is 0.811. The summed E-state index contributed by atoms with van der Waals surface area (Å²) in [7, 11) is 0. The van der Waals surface area contributed by atoms with Crippen LogP contribution in [-0.2, 0) is 4.79 Å². The molecule has 0 aliphatic heterocycles. The third-order valence-corrected chi connectivity index (χ3v) is 2.46. The summed E-state index contributed by atoms with van der Waals surface area (Å²) in [5.74, 6) is -2.13. The van der Waals surface area contributed by atoms with Gasteiger partial charge in [-0.1, -0.05) is 25.0 Å². The fourth-order valence-electron chi connectivity index (χ4n) is 1.56. The smallest absolute Gasteiger partial charge is 0.344 e. The van der Waals surface area contributed by atoms with E-state index >= 15 is 0 Å². The van der Waals surface area contributed by atoms with E-state index in [1.165, 1.54) is 12.1 Å². The number of carboxylic acid groups (broad SMARTS) is 2. The minimum absolute atomic E-state index is 0.0163. The number of benzene rings is 1. The van der Waals surface area contributed by atoms with E-state index in [2.05, 4.69) is 0 Å². The number of rotatable bonds is 6. The third kappa shape index (κ3) is 3.48. The van der Waals surface area contributed by atoms with Crippen molar-refractivity contribution in [3.63, 3.8) is 0 Å². The van der Waals surface area contributed by atoms with Crippen LogP contribution in [0.3, 0.4) is 0 Å². The van der Waals surface area contributed by atoms with Gasteiger partial charge >= 0.3 is 11.9 Å². The lowest BCUT2D eigenvalue weighted by molar-refractivity contribution is -0.145. The summed E-state index contributed by atoms with van der Waals surface area (Å²) in [4.78, 5) is 22.0. The van der Waals surface area contributed by atoms with Crippen LogP contribution >= 0.6 is 0 Å². The van der Waals surface area contributed by atoms with Crippen LogP contribution in [0.4, 0.5) is 0 Å². The van der Waals surface area contributed by atoms with Gasteiger partial charge in [0, 0.05) is 0 Å². The zero-order valence-electron chi connectivity index (χ0n) is 10.3. The fourth-order valence-corrected chi connectivity index (χ4v) is 1.56. The molecule has 18 heavy (non-hydrogen) atoms. The average Bonchev–Trinajstić information content (AvgIpc) is 2.30. The molecule has 0 spiro atoms. The summed E-state index contributed by atoms with van der Waals surface area (Å²) >= 11 is 0. The first-order valence-electron chi connectivity index (χ1n) is 5.69. The largest absolute Gasteiger partial charge is 0.479 e. The van der Waals surface area contributed by atoms with Crippen LogP contribution in [0.15, 0.2) is 18.2 Å². The summed E-state index contributed by atoms with van der Waals surface area (Å²) in [6.45, 7) is 3.60. The van der Waals surface area contributed by atoms with Gasteiger partial charge in [-0.2, -0.15) is 0 Å². The minimum Gasteiger partial charge on any atom is -0.479 e. The first-order valence-corrected chi connectivity index (χ1v) is 5.69. The maximum absolute atomic E-state index is 11.1. The van der Waals surface area contributed by atoms with Crippen molar-refractivity contribution in [3.05, 3.63) is 29.3 Å². The molecule has 0 saturated carbocycles. The van der Waals surface area contributed by atoms with Gasteiger partial charge in [0.15, 0.2) is 6.10 Å². The predicted octanol–water partition coefficient (Wildman–Crippen LogP) is 2.33. The Bertz CT molecular complexity index is 453. The van der Waals surface area contributed by atoms with Crippen molar-refractivity contribution in [2.75, 3.05) is 0 Å². The van der Waals surface area contributed by atoms with E-state index in [0.29, 0.717) is 12.8 Å². The van der Waals surface area contributed by atoms with Gasteiger partial charge in [-0.25, -0.2) is 9.59 Å². The second kappa shape index (κ2) is 6.05. The standard InChI is InChI=1S/C13H16O5/c1-3-4-11(13(16)17)18-10-6-5-8(2)7-9(10)12(14)15/h5-7,11H,3-4H2,1-2H3,(H,14,15)(H,16,17). The molecule has 1 rings (SSSR count). The van der Waals surface area contributed by atoms with Crippen molar-refractivity contribution in [3.8, 4) is 5.75 Å². The number of hydrogen-bond acceptors (Lipinski definition) is 3. The summed E-state index contributed by atoms with van der Waals surface area (Å²) < 4.78 is 5.28. The van der Waals surface area contributed by atoms with Gasteiger partial charge in [-0.15, -0.1) is 0 Å². The lowest BCUT2D eigenvalue weighted by Gasteiger charge is -2.16. The molecule has 1 unspecified atom stereocenters. The molecule has 0 amide bonds. The highest BCUT2D eigenvalue weighted by Crippen LogP contribution is 2.22. The molecule has 0 aliphatic carbocycles. The molecule has 0 bridgehead atoms. The van der Waals surface area contributed by atoms with E-state index in [0.717, 1.165) is 5.56 Å². The van der Waals surface area contributed by atoms with Crippen LogP contribution in [0, 0.1) is 6.92 Å². The molecule has 5 nitrogen and oxygen atoms in total. The van der Waals surface area contributed by atoms with Crippen molar-refractivity contribution >= 4 is 11.9 Å². The number of aromatic carboxylic acids is 1. The van der Waals surface area contributed by atoms with Gasteiger partial charge in [0.25, 0.3) is 0 Å². The third-order valence-electron chi connectivity index (χ3n) is 2.46. The maximum atomic E-state index is 11.1. The van der Waals surface area contributed by atoms with E-state index < -0.39 is 18.0 Å². The highest BCUT2D eigenvalue weighted by molar-refractivity contribution is 5.91. The molecule has 2 N–H and O–H groups in total. The predicted molar refractivity (Wildman–Crippen MR) is 65.1 cm³/mol. The van der Waals surface area contributed by atoms with Crippen LogP contribution in [0.25, 0.3) is 0 Å².